The average Bonchev–Trinajstić information content (AvgIpc) is 2.71. The van der Waals surface area contributed by atoms with E-state index >= 15 is 0 Å². The van der Waals surface area contributed by atoms with Crippen LogP contribution in [0.5, 0.6) is 11.6 Å². The maximum absolute atomic E-state index is 12.3. The maximum atomic E-state index is 12.3. The number of carbonyl (C=O) groups excluding carboxylic acids is 1. The molecule has 1 aromatic carbocycles. The van der Waals surface area contributed by atoms with Crippen LogP contribution < -0.4 is 25.4 Å². The number of guanidine groups is 1. The van der Waals surface area contributed by atoms with E-state index in [0.717, 1.165) is 17.0 Å². The van der Waals surface area contributed by atoms with Gasteiger partial charge in [0.1, 0.15) is 5.75 Å². The minimum Gasteiger partial charge on any atom is -0.491 e. The zero-order valence-electron chi connectivity index (χ0n) is 19.9. The van der Waals surface area contributed by atoms with Crippen LogP contribution in [0.25, 0.3) is 0 Å². The van der Waals surface area contributed by atoms with Crippen molar-refractivity contribution in [3.05, 3.63) is 48.2 Å². The smallest absolute Gasteiger partial charge is 0.239 e. The summed E-state index contributed by atoms with van der Waals surface area (Å²) in [6, 6.07) is 11.3. The summed E-state index contributed by atoms with van der Waals surface area (Å²) in [5.41, 5.74) is 1.37. The lowest BCUT2D eigenvalue weighted by atomic mass is 10.1. The number of carbonyl (C=O) groups is 1. The molecular weight excluding hydrogens is 406 g/mol. The second-order valence-corrected chi connectivity index (χ2v) is 8.53. The van der Waals surface area contributed by atoms with Gasteiger partial charge in [0.15, 0.2) is 5.96 Å². The van der Waals surface area contributed by atoms with Crippen molar-refractivity contribution < 1.29 is 14.3 Å². The number of hydrogen-bond donors (Lipinski definition) is 3. The zero-order valence-corrected chi connectivity index (χ0v) is 19.9. The number of pyridine rings is 1. The van der Waals surface area contributed by atoms with E-state index in [4.69, 9.17) is 9.47 Å². The van der Waals surface area contributed by atoms with Crippen LogP contribution in [0.15, 0.2) is 47.6 Å². The molecule has 8 nitrogen and oxygen atoms in total. The molecule has 0 aliphatic carbocycles. The van der Waals surface area contributed by atoms with Gasteiger partial charge in [0.25, 0.3) is 0 Å². The molecule has 2 rings (SSSR count). The molecule has 8 heteroatoms. The summed E-state index contributed by atoms with van der Waals surface area (Å²) in [6.45, 7) is 12.7. The third-order valence-corrected chi connectivity index (χ3v) is 3.96. The van der Waals surface area contributed by atoms with Gasteiger partial charge in [-0.05, 0) is 71.9 Å². The van der Waals surface area contributed by atoms with Crippen LogP contribution in [0.3, 0.4) is 0 Å². The minimum absolute atomic E-state index is 0.0863. The van der Waals surface area contributed by atoms with Gasteiger partial charge in [-0.2, -0.15) is 0 Å². The molecule has 0 atom stereocenters. The van der Waals surface area contributed by atoms with Crippen molar-refractivity contribution in [1.82, 2.24) is 15.6 Å². The van der Waals surface area contributed by atoms with Crippen LogP contribution in [-0.4, -0.2) is 41.6 Å². The van der Waals surface area contributed by atoms with E-state index in [-0.39, 0.29) is 24.1 Å². The summed E-state index contributed by atoms with van der Waals surface area (Å²) in [7, 11) is 0. The molecule has 3 N–H and O–H groups in total. The Morgan fingerprint density at radius 1 is 1.16 bits per heavy atom. The van der Waals surface area contributed by atoms with Crippen molar-refractivity contribution >= 4 is 17.6 Å². The van der Waals surface area contributed by atoms with Crippen LogP contribution >= 0.6 is 0 Å². The topological polar surface area (TPSA) is 96.9 Å². The Labute approximate surface area is 190 Å². The van der Waals surface area contributed by atoms with E-state index in [1.165, 1.54) is 0 Å². The summed E-state index contributed by atoms with van der Waals surface area (Å²) in [5.74, 6) is 1.69. The molecule has 0 saturated carbocycles. The van der Waals surface area contributed by atoms with Crippen LogP contribution in [-0.2, 0) is 11.3 Å². The zero-order chi connectivity index (χ0) is 23.6. The summed E-state index contributed by atoms with van der Waals surface area (Å²) < 4.78 is 11.3. The number of aromatic nitrogens is 1. The average molecular weight is 442 g/mol. The molecule has 32 heavy (non-hydrogen) atoms. The highest BCUT2D eigenvalue weighted by atomic mass is 16.5. The van der Waals surface area contributed by atoms with Crippen LogP contribution in [0.2, 0.25) is 0 Å². The number of hydrogen-bond acceptors (Lipinski definition) is 5. The van der Waals surface area contributed by atoms with Gasteiger partial charge < -0.3 is 25.4 Å². The van der Waals surface area contributed by atoms with Gasteiger partial charge in [0.2, 0.25) is 11.8 Å². The monoisotopic (exact) mass is 441 g/mol. The fraction of sp³-hybridized carbons (Fsp3) is 0.458. The van der Waals surface area contributed by atoms with E-state index in [1.807, 2.05) is 77.9 Å². The normalized spacial score (nSPS) is 11.8. The largest absolute Gasteiger partial charge is 0.491 e. The first kappa shape index (κ1) is 25.0. The predicted molar refractivity (Wildman–Crippen MR) is 128 cm³/mol. The van der Waals surface area contributed by atoms with Crippen LogP contribution in [0.4, 0.5) is 5.69 Å². The molecule has 0 spiro atoms. The number of benzene rings is 1. The van der Waals surface area contributed by atoms with Crippen molar-refractivity contribution in [1.29, 1.82) is 0 Å². The van der Waals surface area contributed by atoms with E-state index in [0.29, 0.717) is 25.0 Å². The summed E-state index contributed by atoms with van der Waals surface area (Å²) in [4.78, 5) is 21.2. The summed E-state index contributed by atoms with van der Waals surface area (Å²) in [5, 5.41) is 9.27. The molecule has 0 bridgehead atoms. The molecule has 0 aliphatic rings. The third kappa shape index (κ3) is 9.24. The summed E-state index contributed by atoms with van der Waals surface area (Å²) in [6.07, 6.45) is 1.79. The molecule has 0 aliphatic heterocycles. The Kier molecular flexibility index (Phi) is 9.31. The molecule has 0 radical (unpaired) electrons. The number of aliphatic imine (C=N–C) groups is 1. The Balaban J connectivity index is 2.15. The molecule has 1 aromatic heterocycles. The van der Waals surface area contributed by atoms with Gasteiger partial charge in [0, 0.05) is 23.0 Å². The number of anilines is 1. The number of ether oxygens (including phenoxy) is 2. The molecular formula is C24H35N5O3. The van der Waals surface area contributed by atoms with E-state index < -0.39 is 0 Å². The highest BCUT2D eigenvalue weighted by molar-refractivity contribution is 5.96. The first-order chi connectivity index (χ1) is 15.2. The fourth-order valence-corrected chi connectivity index (χ4v) is 2.77. The van der Waals surface area contributed by atoms with Crippen LogP contribution in [0.1, 0.15) is 47.1 Å². The maximum Gasteiger partial charge on any atom is 0.239 e. The first-order valence-corrected chi connectivity index (χ1v) is 10.9. The molecule has 1 amide bonds. The number of rotatable bonds is 9. The third-order valence-electron chi connectivity index (χ3n) is 3.96. The van der Waals surface area contributed by atoms with E-state index in [2.05, 4.69) is 25.9 Å². The molecule has 2 aromatic rings. The van der Waals surface area contributed by atoms with Crippen molar-refractivity contribution in [3.8, 4) is 11.6 Å². The molecule has 0 unspecified atom stereocenters. The van der Waals surface area contributed by atoms with E-state index in [1.54, 1.807) is 6.20 Å². The number of amides is 1. The van der Waals surface area contributed by atoms with Gasteiger partial charge in [-0.25, -0.2) is 9.98 Å². The molecule has 174 valence electrons. The highest BCUT2D eigenvalue weighted by Gasteiger charge is 2.14. The standard InChI is InChI=1S/C24H35N5O3/c1-7-31-22-18(9-8-14-25-22)15-26-23(27-16-21(30)29-24(4,5)6)28-19-10-12-20(13-11-19)32-17(2)3/h8-14,17H,7,15-16H2,1-6H3,(H,29,30)(H2,26,27,28). The quantitative estimate of drug-likeness (QED) is 0.405. The van der Waals surface area contributed by atoms with Crippen molar-refractivity contribution in [2.45, 2.75) is 59.7 Å². The second-order valence-electron chi connectivity index (χ2n) is 8.53. The van der Waals surface area contributed by atoms with E-state index in [9.17, 15) is 4.79 Å². The lowest BCUT2D eigenvalue weighted by Gasteiger charge is -2.21. The Morgan fingerprint density at radius 3 is 2.50 bits per heavy atom. The Hall–Kier alpha value is -3.29. The lowest BCUT2D eigenvalue weighted by Crippen LogP contribution is -2.46. The highest BCUT2D eigenvalue weighted by Crippen LogP contribution is 2.18. The van der Waals surface area contributed by atoms with Gasteiger partial charge in [-0.1, -0.05) is 6.07 Å². The van der Waals surface area contributed by atoms with Crippen molar-refractivity contribution in [2.24, 2.45) is 4.99 Å². The van der Waals surface area contributed by atoms with Crippen molar-refractivity contribution in [3.63, 3.8) is 0 Å². The Morgan fingerprint density at radius 2 is 1.88 bits per heavy atom. The van der Waals surface area contributed by atoms with Crippen LogP contribution in [0, 0.1) is 0 Å². The van der Waals surface area contributed by atoms with Crippen molar-refractivity contribution in [2.75, 3.05) is 18.5 Å². The molecule has 1 heterocycles. The minimum atomic E-state index is -0.308. The van der Waals surface area contributed by atoms with Gasteiger partial charge in [-0.3, -0.25) is 4.79 Å². The Bertz CT molecular complexity index is 889. The lowest BCUT2D eigenvalue weighted by molar-refractivity contribution is -0.121. The molecule has 0 saturated heterocycles. The second kappa shape index (κ2) is 11.9. The predicted octanol–water partition coefficient (Wildman–Crippen LogP) is 3.74. The summed E-state index contributed by atoms with van der Waals surface area (Å²) >= 11 is 0. The fourth-order valence-electron chi connectivity index (χ4n) is 2.77. The van der Waals surface area contributed by atoms with Gasteiger partial charge in [-0.15, -0.1) is 0 Å². The first-order valence-electron chi connectivity index (χ1n) is 10.9. The number of nitrogens with zero attached hydrogens (tertiary/aromatic N) is 2. The SMILES string of the molecule is CCOc1ncccc1CN=C(NCC(=O)NC(C)(C)C)Nc1ccc(OC(C)C)cc1. The number of nitrogens with one attached hydrogen (secondary N) is 3. The van der Waals surface area contributed by atoms with Gasteiger partial charge >= 0.3 is 0 Å². The molecule has 0 fully saturated rings. The van der Waals surface area contributed by atoms with Gasteiger partial charge in [0.05, 0.1) is 25.8 Å².